The van der Waals surface area contributed by atoms with Gasteiger partial charge in [0.05, 0.1) is 6.04 Å². The summed E-state index contributed by atoms with van der Waals surface area (Å²) in [5.74, 6) is 0. The molecule has 15 heavy (non-hydrogen) atoms. The van der Waals surface area contributed by atoms with E-state index in [-0.39, 0.29) is 6.04 Å². The van der Waals surface area contributed by atoms with E-state index in [0.29, 0.717) is 12.6 Å². The van der Waals surface area contributed by atoms with Gasteiger partial charge in [-0.1, -0.05) is 0 Å². The predicted molar refractivity (Wildman–Crippen MR) is 63.4 cm³/mol. The largest absolute Gasteiger partial charge is 0.463 e. The zero-order valence-corrected chi connectivity index (χ0v) is 11.2. The lowest BCUT2D eigenvalue weighted by atomic mass is 10.3. The van der Waals surface area contributed by atoms with Crippen molar-refractivity contribution < 1.29 is 13.8 Å². The van der Waals surface area contributed by atoms with Gasteiger partial charge in [-0.2, -0.15) is 0 Å². The number of rotatable bonds is 4. The molecule has 0 saturated carbocycles. The van der Waals surface area contributed by atoms with E-state index in [2.05, 4.69) is 4.76 Å². The van der Waals surface area contributed by atoms with E-state index >= 15 is 0 Å². The van der Waals surface area contributed by atoms with Gasteiger partial charge < -0.3 is 14.2 Å². The van der Waals surface area contributed by atoms with Crippen molar-refractivity contribution in [1.82, 2.24) is 4.90 Å². The predicted octanol–water partition coefficient (Wildman–Crippen LogP) is 2.20. The molecular formula is C8H17N2O3PS. The molecule has 1 aliphatic rings. The lowest BCUT2D eigenvalue weighted by molar-refractivity contribution is 0.324. The Hall–Kier alpha value is -0.190. The highest BCUT2D eigenvalue weighted by Crippen LogP contribution is 2.59. The Balaban J connectivity index is 2.87. The van der Waals surface area contributed by atoms with Crippen LogP contribution in [0.25, 0.3) is 0 Å². The molecule has 0 amide bonds. The molecule has 2 unspecified atom stereocenters. The molecule has 1 rings (SSSR count). The molecule has 1 aliphatic heterocycles. The van der Waals surface area contributed by atoms with Gasteiger partial charge in [0.25, 0.3) is 6.02 Å². The maximum Gasteiger partial charge on any atom is 0.375 e. The van der Waals surface area contributed by atoms with Crippen molar-refractivity contribution in [3.05, 3.63) is 0 Å². The lowest BCUT2D eigenvalue weighted by Gasteiger charge is -2.18. The first-order chi connectivity index (χ1) is 7.06. The molecule has 1 saturated heterocycles. The molecule has 0 spiro atoms. The standard InChI is InChI=1S/C8H17N2O3PS/c1-5-10-7(2)6-13-8(10)9-14(11,12-3)15-4/h7H,5-6H2,1-4H3/b9-8-. The van der Waals surface area contributed by atoms with Crippen LogP contribution in [0, 0.1) is 0 Å². The van der Waals surface area contributed by atoms with Gasteiger partial charge in [-0.3, -0.25) is 4.57 Å². The Labute approximate surface area is 94.5 Å². The highest BCUT2D eigenvalue weighted by atomic mass is 32.7. The summed E-state index contributed by atoms with van der Waals surface area (Å²) in [7, 11) is 1.40. The average Bonchev–Trinajstić information content (AvgIpc) is 2.59. The number of nitrogens with zero attached hydrogens (tertiary/aromatic N) is 2. The molecule has 88 valence electrons. The number of hydrogen-bond donors (Lipinski definition) is 0. The van der Waals surface area contributed by atoms with Crippen LogP contribution in [0.2, 0.25) is 0 Å². The van der Waals surface area contributed by atoms with E-state index in [1.807, 2.05) is 18.7 Å². The van der Waals surface area contributed by atoms with Crippen molar-refractivity contribution in [2.45, 2.75) is 19.9 Å². The fourth-order valence-corrected chi connectivity index (χ4v) is 2.95. The van der Waals surface area contributed by atoms with Crippen molar-refractivity contribution in [3.8, 4) is 0 Å². The molecule has 0 N–H and O–H groups in total. The molecule has 0 aliphatic carbocycles. The van der Waals surface area contributed by atoms with Gasteiger partial charge in [-0.25, -0.2) is 0 Å². The summed E-state index contributed by atoms with van der Waals surface area (Å²) in [6.45, 7) is 2.46. The molecule has 7 heteroatoms. The number of ether oxygens (including phenoxy) is 1. The molecule has 2 atom stereocenters. The van der Waals surface area contributed by atoms with Crippen LogP contribution < -0.4 is 0 Å². The van der Waals surface area contributed by atoms with Crippen LogP contribution >= 0.6 is 18.1 Å². The minimum atomic E-state index is -2.97. The van der Waals surface area contributed by atoms with Crippen LogP contribution in [0.4, 0.5) is 0 Å². The third-order valence-electron chi connectivity index (χ3n) is 2.24. The second kappa shape index (κ2) is 5.23. The summed E-state index contributed by atoms with van der Waals surface area (Å²) in [4.78, 5) is 1.97. The van der Waals surface area contributed by atoms with E-state index in [1.165, 1.54) is 7.11 Å². The molecule has 0 radical (unpaired) electrons. The van der Waals surface area contributed by atoms with Crippen LogP contribution in [0.1, 0.15) is 13.8 Å². The number of amidine groups is 1. The van der Waals surface area contributed by atoms with Crippen molar-refractivity contribution >= 4 is 24.1 Å². The molecule has 0 bridgehead atoms. The first-order valence-corrected chi connectivity index (χ1v) is 8.18. The molecule has 0 aromatic heterocycles. The van der Waals surface area contributed by atoms with Crippen molar-refractivity contribution in [2.24, 2.45) is 4.76 Å². The Bertz CT molecular complexity index is 290. The molecule has 5 nitrogen and oxygen atoms in total. The monoisotopic (exact) mass is 252 g/mol. The topological polar surface area (TPSA) is 51.1 Å². The summed E-state index contributed by atoms with van der Waals surface area (Å²) in [5, 5.41) is 0. The Morgan fingerprint density at radius 1 is 1.80 bits per heavy atom. The quantitative estimate of drug-likeness (QED) is 0.718. The van der Waals surface area contributed by atoms with Crippen molar-refractivity contribution in [1.29, 1.82) is 0 Å². The minimum Gasteiger partial charge on any atom is -0.463 e. The zero-order chi connectivity index (χ0) is 11.5. The van der Waals surface area contributed by atoms with E-state index < -0.39 is 6.72 Å². The van der Waals surface area contributed by atoms with Gasteiger partial charge in [0.1, 0.15) is 6.61 Å². The maximum atomic E-state index is 11.9. The minimum absolute atomic E-state index is 0.279. The van der Waals surface area contributed by atoms with Crippen LogP contribution in [0.15, 0.2) is 4.76 Å². The van der Waals surface area contributed by atoms with Crippen molar-refractivity contribution in [2.75, 3.05) is 26.5 Å². The molecule has 1 fully saturated rings. The Kier molecular flexibility index (Phi) is 4.49. The van der Waals surface area contributed by atoms with Crippen LogP contribution in [-0.2, 0) is 13.8 Å². The van der Waals surface area contributed by atoms with E-state index in [1.54, 1.807) is 6.26 Å². The van der Waals surface area contributed by atoms with E-state index in [4.69, 9.17) is 9.26 Å². The van der Waals surface area contributed by atoms with E-state index in [0.717, 1.165) is 17.9 Å². The number of hydrogen-bond acceptors (Lipinski definition) is 4. The van der Waals surface area contributed by atoms with Gasteiger partial charge in [0, 0.05) is 13.7 Å². The fourth-order valence-electron chi connectivity index (χ4n) is 1.35. The SMILES string of the molecule is CCN1/C(=N/P(=O)(OC)SC)OCC1C. The van der Waals surface area contributed by atoms with Gasteiger partial charge in [0.15, 0.2) is 0 Å². The molecule has 0 aromatic rings. The first kappa shape index (κ1) is 12.9. The second-order valence-electron chi connectivity index (χ2n) is 3.16. The zero-order valence-electron chi connectivity index (χ0n) is 9.47. The summed E-state index contributed by atoms with van der Waals surface area (Å²) in [6, 6.07) is 0.713. The lowest BCUT2D eigenvalue weighted by Crippen LogP contribution is -2.31. The van der Waals surface area contributed by atoms with Crippen LogP contribution in [0.3, 0.4) is 0 Å². The average molecular weight is 252 g/mol. The Morgan fingerprint density at radius 2 is 2.47 bits per heavy atom. The van der Waals surface area contributed by atoms with Gasteiger partial charge in [-0.05, 0) is 31.5 Å². The van der Waals surface area contributed by atoms with Gasteiger partial charge >= 0.3 is 6.72 Å². The van der Waals surface area contributed by atoms with Crippen LogP contribution in [0.5, 0.6) is 0 Å². The smallest absolute Gasteiger partial charge is 0.375 e. The second-order valence-corrected chi connectivity index (χ2v) is 7.51. The third-order valence-corrected chi connectivity index (χ3v) is 5.66. The van der Waals surface area contributed by atoms with E-state index in [9.17, 15) is 4.57 Å². The van der Waals surface area contributed by atoms with Crippen LogP contribution in [-0.4, -0.2) is 43.5 Å². The molecule has 0 aromatic carbocycles. The van der Waals surface area contributed by atoms with Crippen molar-refractivity contribution in [3.63, 3.8) is 0 Å². The summed E-state index contributed by atoms with van der Waals surface area (Å²) in [5.41, 5.74) is 0. The first-order valence-electron chi connectivity index (χ1n) is 4.77. The fraction of sp³-hybridized carbons (Fsp3) is 0.875. The normalized spacial score (nSPS) is 27.9. The maximum absolute atomic E-state index is 11.9. The molecule has 1 heterocycles. The van der Waals surface area contributed by atoms with Gasteiger partial charge in [-0.15, -0.1) is 4.76 Å². The van der Waals surface area contributed by atoms with Gasteiger partial charge in [0.2, 0.25) is 0 Å². The summed E-state index contributed by atoms with van der Waals surface area (Å²) < 4.78 is 26.3. The number of likely N-dealkylation sites (N-methyl/N-ethyl adjacent to an activating group) is 1. The highest BCUT2D eigenvalue weighted by Gasteiger charge is 2.30. The highest BCUT2D eigenvalue weighted by molar-refractivity contribution is 8.55. The molecular weight excluding hydrogens is 235 g/mol. The third kappa shape index (κ3) is 2.89. The Morgan fingerprint density at radius 3 is 2.93 bits per heavy atom. The summed E-state index contributed by atoms with van der Waals surface area (Å²) >= 11 is 1.11. The summed E-state index contributed by atoms with van der Waals surface area (Å²) in [6.07, 6.45) is 1.71.